The molecular formula is C36H42N6O3. The molecule has 1 fully saturated rings. The Hall–Kier alpha value is -4.76. The van der Waals surface area contributed by atoms with Crippen molar-refractivity contribution >= 4 is 29.0 Å². The van der Waals surface area contributed by atoms with Crippen molar-refractivity contribution < 1.29 is 9.59 Å². The first-order valence-electron chi connectivity index (χ1n) is 15.3. The zero-order valence-electron chi connectivity index (χ0n) is 27.1. The van der Waals surface area contributed by atoms with Crippen LogP contribution in [0.5, 0.6) is 0 Å². The van der Waals surface area contributed by atoms with Gasteiger partial charge in [0, 0.05) is 62.9 Å². The first kappa shape index (κ1) is 31.7. The molecule has 45 heavy (non-hydrogen) atoms. The minimum absolute atomic E-state index is 0.00312. The van der Waals surface area contributed by atoms with Gasteiger partial charge in [0.1, 0.15) is 6.04 Å². The maximum absolute atomic E-state index is 13.1. The number of rotatable bonds is 8. The van der Waals surface area contributed by atoms with E-state index in [1.807, 2.05) is 73.7 Å². The molecule has 0 radical (unpaired) electrons. The molecule has 2 heterocycles. The quantitative estimate of drug-likeness (QED) is 0.260. The molecule has 9 nitrogen and oxygen atoms in total. The molecular weight excluding hydrogens is 564 g/mol. The van der Waals surface area contributed by atoms with Crippen molar-refractivity contribution in [3.8, 4) is 11.3 Å². The SMILES string of the molecule is Cc1c(NC(=O)c2ccc(C(C)(C)C)cc2)cccc1-c1cn(C)c(=O)c(Nc2ccc(C(C(=O)N(C)C)N3CCC3)cc2)n1. The molecule has 1 atom stereocenters. The molecule has 1 saturated heterocycles. The predicted octanol–water partition coefficient (Wildman–Crippen LogP) is 5.88. The largest absolute Gasteiger partial charge is 0.347 e. The molecule has 234 valence electrons. The number of carbonyl (C=O) groups is 2. The maximum Gasteiger partial charge on any atom is 0.293 e. The Morgan fingerprint density at radius 3 is 2.20 bits per heavy atom. The van der Waals surface area contributed by atoms with Crippen LogP contribution < -0.4 is 16.2 Å². The Balaban J connectivity index is 1.38. The van der Waals surface area contributed by atoms with Crippen LogP contribution in [0, 0.1) is 6.92 Å². The summed E-state index contributed by atoms with van der Waals surface area (Å²) in [6.07, 6.45) is 2.78. The van der Waals surface area contributed by atoms with E-state index < -0.39 is 0 Å². The molecule has 1 aromatic heterocycles. The van der Waals surface area contributed by atoms with E-state index in [-0.39, 0.29) is 34.6 Å². The van der Waals surface area contributed by atoms with Gasteiger partial charge in [-0.1, -0.05) is 57.2 Å². The number of likely N-dealkylation sites (tertiary alicyclic amines) is 1. The summed E-state index contributed by atoms with van der Waals surface area (Å²) in [4.78, 5) is 47.6. The highest BCUT2D eigenvalue weighted by Crippen LogP contribution is 2.30. The summed E-state index contributed by atoms with van der Waals surface area (Å²) in [5.74, 6) is 0.0311. The molecule has 9 heteroatoms. The lowest BCUT2D eigenvalue weighted by molar-refractivity contribution is -0.136. The van der Waals surface area contributed by atoms with Gasteiger partial charge in [0.15, 0.2) is 5.82 Å². The average Bonchev–Trinajstić information content (AvgIpc) is 2.98. The first-order chi connectivity index (χ1) is 21.3. The third-order valence-corrected chi connectivity index (χ3v) is 8.36. The second-order valence-corrected chi connectivity index (χ2v) is 12.9. The molecule has 2 N–H and O–H groups in total. The molecule has 4 aromatic rings. The van der Waals surface area contributed by atoms with Crippen LogP contribution in [0.2, 0.25) is 0 Å². The Kier molecular flexibility index (Phi) is 8.93. The van der Waals surface area contributed by atoms with Gasteiger partial charge >= 0.3 is 0 Å². The molecule has 3 aromatic carbocycles. The van der Waals surface area contributed by atoms with Crippen LogP contribution in [-0.2, 0) is 17.3 Å². The van der Waals surface area contributed by atoms with Gasteiger partial charge in [0.2, 0.25) is 5.91 Å². The number of aromatic nitrogens is 2. The number of benzene rings is 3. The van der Waals surface area contributed by atoms with Crippen molar-refractivity contribution in [2.45, 2.75) is 45.6 Å². The van der Waals surface area contributed by atoms with E-state index in [2.05, 4.69) is 36.3 Å². The van der Waals surface area contributed by atoms with Gasteiger partial charge in [-0.2, -0.15) is 0 Å². The molecule has 0 bridgehead atoms. The molecule has 1 aliphatic heterocycles. The molecule has 0 spiro atoms. The highest BCUT2D eigenvalue weighted by molar-refractivity contribution is 6.05. The van der Waals surface area contributed by atoms with Crippen LogP contribution in [-0.4, -0.2) is 58.4 Å². The minimum atomic E-state index is -0.323. The number of nitrogens with zero attached hydrogens (tertiary/aromatic N) is 4. The fourth-order valence-electron chi connectivity index (χ4n) is 5.42. The predicted molar refractivity (Wildman–Crippen MR) is 180 cm³/mol. The molecule has 1 unspecified atom stereocenters. The number of anilines is 3. The van der Waals surface area contributed by atoms with Crippen molar-refractivity contribution in [3.05, 3.63) is 106 Å². The lowest BCUT2D eigenvalue weighted by atomic mass is 9.86. The van der Waals surface area contributed by atoms with Crippen molar-refractivity contribution in [3.63, 3.8) is 0 Å². The van der Waals surface area contributed by atoms with Crippen molar-refractivity contribution in [1.29, 1.82) is 0 Å². The van der Waals surface area contributed by atoms with Crippen molar-refractivity contribution in [2.24, 2.45) is 7.05 Å². The third kappa shape index (κ3) is 6.83. The van der Waals surface area contributed by atoms with Crippen LogP contribution in [0.4, 0.5) is 17.2 Å². The zero-order chi connectivity index (χ0) is 32.5. The summed E-state index contributed by atoms with van der Waals surface area (Å²) in [5, 5.41) is 6.22. The smallest absolute Gasteiger partial charge is 0.293 e. The van der Waals surface area contributed by atoms with E-state index in [9.17, 15) is 14.4 Å². The molecule has 1 aliphatic rings. The lowest BCUT2D eigenvalue weighted by Crippen LogP contribution is -2.46. The highest BCUT2D eigenvalue weighted by Gasteiger charge is 2.32. The number of amides is 2. The van der Waals surface area contributed by atoms with Crippen LogP contribution in [0.25, 0.3) is 11.3 Å². The fourth-order valence-corrected chi connectivity index (χ4v) is 5.42. The van der Waals surface area contributed by atoms with Crippen LogP contribution in [0.15, 0.2) is 77.7 Å². The van der Waals surface area contributed by atoms with E-state index in [1.54, 1.807) is 32.2 Å². The second-order valence-electron chi connectivity index (χ2n) is 12.9. The number of hydrogen-bond donors (Lipinski definition) is 2. The monoisotopic (exact) mass is 606 g/mol. The molecule has 5 rings (SSSR count). The summed E-state index contributed by atoms with van der Waals surface area (Å²) in [5.41, 5.74) is 5.96. The summed E-state index contributed by atoms with van der Waals surface area (Å²) in [6.45, 7) is 10.1. The second kappa shape index (κ2) is 12.7. The Bertz CT molecular complexity index is 1760. The normalized spacial score (nSPS) is 13.9. The molecule has 2 amide bonds. The van der Waals surface area contributed by atoms with E-state index in [0.717, 1.165) is 41.8 Å². The molecule has 0 saturated carbocycles. The Morgan fingerprint density at radius 2 is 1.62 bits per heavy atom. The number of carbonyl (C=O) groups excluding carboxylic acids is 2. The molecule has 0 aliphatic carbocycles. The van der Waals surface area contributed by atoms with Gasteiger partial charge in [-0.15, -0.1) is 0 Å². The first-order valence-corrected chi connectivity index (χ1v) is 15.3. The summed E-state index contributed by atoms with van der Waals surface area (Å²) < 4.78 is 1.50. The standard InChI is InChI=1S/C36H42N6O3/c1-23-28(10-8-11-29(23)39-33(43)25-12-16-26(17-13-25)36(2,3)4)30-22-41(7)35(45)32(38-30)37-27-18-14-24(15-19-27)31(34(44)40(5)6)42-20-9-21-42/h8,10-19,22,31H,9,20-21H2,1-7H3,(H,37,38)(H,39,43). The number of nitrogens with one attached hydrogen (secondary N) is 2. The van der Waals surface area contributed by atoms with Gasteiger partial charge in [0.05, 0.1) is 5.69 Å². The highest BCUT2D eigenvalue weighted by atomic mass is 16.2. The van der Waals surface area contributed by atoms with Crippen LogP contribution in [0.3, 0.4) is 0 Å². The average molecular weight is 607 g/mol. The number of hydrogen-bond acceptors (Lipinski definition) is 6. The fraction of sp³-hybridized carbons (Fsp3) is 0.333. The summed E-state index contributed by atoms with van der Waals surface area (Å²) in [6, 6.07) is 20.6. The van der Waals surface area contributed by atoms with E-state index in [0.29, 0.717) is 22.6 Å². The van der Waals surface area contributed by atoms with Gasteiger partial charge < -0.3 is 20.1 Å². The number of likely N-dealkylation sites (N-methyl/N-ethyl adjacent to an activating group) is 1. The zero-order valence-corrected chi connectivity index (χ0v) is 27.1. The topological polar surface area (TPSA) is 99.6 Å². The van der Waals surface area contributed by atoms with Gasteiger partial charge in [0.25, 0.3) is 11.5 Å². The van der Waals surface area contributed by atoms with E-state index >= 15 is 0 Å². The van der Waals surface area contributed by atoms with Crippen molar-refractivity contribution in [2.75, 3.05) is 37.8 Å². The Morgan fingerprint density at radius 1 is 0.956 bits per heavy atom. The maximum atomic E-state index is 13.1. The Labute approximate surface area is 264 Å². The lowest BCUT2D eigenvalue weighted by Gasteiger charge is -2.38. The van der Waals surface area contributed by atoms with Gasteiger partial charge in [-0.05, 0) is 65.8 Å². The van der Waals surface area contributed by atoms with E-state index in [1.165, 1.54) is 4.57 Å². The third-order valence-electron chi connectivity index (χ3n) is 8.36. The summed E-state index contributed by atoms with van der Waals surface area (Å²) in [7, 11) is 5.24. The van der Waals surface area contributed by atoms with Crippen LogP contribution >= 0.6 is 0 Å². The van der Waals surface area contributed by atoms with Gasteiger partial charge in [-0.25, -0.2) is 4.98 Å². The van der Waals surface area contributed by atoms with E-state index in [4.69, 9.17) is 4.98 Å². The van der Waals surface area contributed by atoms with Gasteiger partial charge in [-0.3, -0.25) is 19.3 Å². The minimum Gasteiger partial charge on any atom is -0.347 e. The van der Waals surface area contributed by atoms with Crippen LogP contribution in [0.1, 0.15) is 60.3 Å². The van der Waals surface area contributed by atoms with Crippen molar-refractivity contribution in [1.82, 2.24) is 19.4 Å². The summed E-state index contributed by atoms with van der Waals surface area (Å²) >= 11 is 0. The number of aryl methyl sites for hydroxylation is 1.